The molecular weight excluding hydrogens is 316 g/mol. The average Bonchev–Trinajstić information content (AvgIpc) is 2.67. The highest BCUT2D eigenvalue weighted by atomic mass is 16.5. The zero-order chi connectivity index (χ0) is 17.7. The minimum Gasteiger partial charge on any atom is -0.396 e. The Morgan fingerprint density at radius 2 is 1.84 bits per heavy atom. The number of benzene rings is 1. The monoisotopic (exact) mass is 348 g/mol. The first-order valence-corrected chi connectivity index (χ1v) is 9.57. The molecule has 1 atom stereocenters. The van der Waals surface area contributed by atoms with E-state index in [-0.39, 0.29) is 24.2 Å². The third-order valence-corrected chi connectivity index (χ3v) is 5.89. The molecule has 0 aliphatic carbocycles. The number of hydrogen-bond acceptors (Lipinski definition) is 5. The summed E-state index contributed by atoms with van der Waals surface area (Å²) in [6.45, 7) is 6.56. The van der Waals surface area contributed by atoms with Gasteiger partial charge in [-0.3, -0.25) is 0 Å². The fourth-order valence-electron chi connectivity index (χ4n) is 3.78. The van der Waals surface area contributed by atoms with Crippen molar-refractivity contribution in [3.63, 3.8) is 0 Å². The maximum absolute atomic E-state index is 9.81. The molecule has 2 saturated heterocycles. The minimum atomic E-state index is -0.135. The van der Waals surface area contributed by atoms with Crippen molar-refractivity contribution < 1.29 is 14.9 Å². The molecule has 0 saturated carbocycles. The van der Waals surface area contributed by atoms with Crippen molar-refractivity contribution in [2.24, 2.45) is 5.41 Å². The highest BCUT2D eigenvalue weighted by molar-refractivity contribution is 5.48. The van der Waals surface area contributed by atoms with Gasteiger partial charge in [0, 0.05) is 50.0 Å². The number of nitrogens with zero attached hydrogens (tertiary/aromatic N) is 1. The third-order valence-electron chi connectivity index (χ3n) is 5.89. The van der Waals surface area contributed by atoms with E-state index in [0.717, 1.165) is 58.5 Å². The molecule has 2 heterocycles. The summed E-state index contributed by atoms with van der Waals surface area (Å²) in [4.78, 5) is 2.34. The van der Waals surface area contributed by atoms with Gasteiger partial charge in [0.1, 0.15) is 0 Å². The Bertz CT molecular complexity index is 520. The van der Waals surface area contributed by atoms with Crippen molar-refractivity contribution >= 4 is 5.69 Å². The van der Waals surface area contributed by atoms with E-state index in [1.54, 1.807) is 0 Å². The summed E-state index contributed by atoms with van der Waals surface area (Å²) >= 11 is 0. The molecule has 0 bridgehead atoms. The summed E-state index contributed by atoms with van der Waals surface area (Å²) in [6.07, 6.45) is 3.41. The molecule has 0 aromatic heterocycles. The lowest BCUT2D eigenvalue weighted by Gasteiger charge is -2.36. The van der Waals surface area contributed by atoms with Gasteiger partial charge in [-0.2, -0.15) is 0 Å². The smallest absolute Gasteiger partial charge is 0.0574 e. The second-order valence-electron chi connectivity index (χ2n) is 7.68. The van der Waals surface area contributed by atoms with E-state index in [1.165, 1.54) is 11.3 Å². The van der Waals surface area contributed by atoms with Gasteiger partial charge in [0.25, 0.3) is 0 Å². The molecule has 0 spiro atoms. The van der Waals surface area contributed by atoms with Gasteiger partial charge in [-0.15, -0.1) is 0 Å². The van der Waals surface area contributed by atoms with Gasteiger partial charge < -0.3 is 25.2 Å². The summed E-state index contributed by atoms with van der Waals surface area (Å²) in [7, 11) is 0. The molecule has 3 N–H and O–H groups in total. The predicted molar refractivity (Wildman–Crippen MR) is 99.9 cm³/mol. The number of ether oxygens (including phenoxy) is 1. The van der Waals surface area contributed by atoms with Crippen molar-refractivity contribution in [1.29, 1.82) is 0 Å². The lowest BCUT2D eigenvalue weighted by atomic mass is 9.80. The van der Waals surface area contributed by atoms with Crippen LogP contribution in [0, 0.1) is 5.41 Å². The molecule has 5 heteroatoms. The number of aliphatic hydroxyl groups is 2. The van der Waals surface area contributed by atoms with E-state index < -0.39 is 0 Å². The Balaban J connectivity index is 1.54. The normalized spacial score (nSPS) is 22.8. The fraction of sp³-hybridized carbons (Fsp3) is 0.700. The Kier molecular flexibility index (Phi) is 6.34. The van der Waals surface area contributed by atoms with Crippen LogP contribution >= 0.6 is 0 Å². The maximum atomic E-state index is 9.81. The van der Waals surface area contributed by atoms with Crippen LogP contribution in [-0.4, -0.2) is 55.8 Å². The first-order valence-electron chi connectivity index (χ1n) is 9.57. The zero-order valence-corrected chi connectivity index (χ0v) is 15.3. The number of rotatable bonds is 6. The van der Waals surface area contributed by atoms with Crippen LogP contribution in [0.2, 0.25) is 0 Å². The van der Waals surface area contributed by atoms with E-state index in [4.69, 9.17) is 4.74 Å². The van der Waals surface area contributed by atoms with E-state index in [9.17, 15) is 10.2 Å². The summed E-state index contributed by atoms with van der Waals surface area (Å²) in [5, 5.41) is 23.0. The van der Waals surface area contributed by atoms with Crippen LogP contribution in [0.5, 0.6) is 0 Å². The summed E-state index contributed by atoms with van der Waals surface area (Å²) in [6, 6.07) is 8.99. The van der Waals surface area contributed by atoms with Crippen LogP contribution in [0.4, 0.5) is 5.69 Å². The molecule has 5 nitrogen and oxygen atoms in total. The molecule has 3 rings (SSSR count). The van der Waals surface area contributed by atoms with Crippen molar-refractivity contribution in [3.05, 3.63) is 29.8 Å². The number of hydrogen-bond donors (Lipinski definition) is 3. The summed E-state index contributed by atoms with van der Waals surface area (Å²) < 4.78 is 5.44. The predicted octanol–water partition coefficient (Wildman–Crippen LogP) is 2.09. The van der Waals surface area contributed by atoms with Crippen molar-refractivity contribution in [2.45, 2.75) is 44.8 Å². The Morgan fingerprint density at radius 1 is 1.20 bits per heavy atom. The SMILES string of the molecule is CC(NCC1(CO)CCOCC1)c1ccc(N2CCC(O)CC2)cc1. The summed E-state index contributed by atoms with van der Waals surface area (Å²) in [5.74, 6) is 0. The molecule has 140 valence electrons. The number of piperidine rings is 1. The van der Waals surface area contributed by atoms with E-state index in [1.807, 2.05) is 0 Å². The van der Waals surface area contributed by atoms with Crippen molar-refractivity contribution in [2.75, 3.05) is 44.4 Å². The largest absolute Gasteiger partial charge is 0.396 e. The van der Waals surface area contributed by atoms with Crippen LogP contribution in [0.3, 0.4) is 0 Å². The second kappa shape index (κ2) is 8.49. The van der Waals surface area contributed by atoms with Gasteiger partial charge in [-0.1, -0.05) is 12.1 Å². The lowest BCUT2D eigenvalue weighted by molar-refractivity contribution is -0.0163. The molecule has 2 aliphatic heterocycles. The van der Waals surface area contributed by atoms with Crippen LogP contribution in [0.15, 0.2) is 24.3 Å². The molecule has 25 heavy (non-hydrogen) atoms. The van der Waals surface area contributed by atoms with E-state index in [0.29, 0.717) is 0 Å². The molecule has 1 aromatic rings. The Morgan fingerprint density at radius 3 is 2.44 bits per heavy atom. The van der Waals surface area contributed by atoms with Gasteiger partial charge in [0.2, 0.25) is 0 Å². The molecule has 1 aromatic carbocycles. The number of aliphatic hydroxyl groups excluding tert-OH is 2. The fourth-order valence-corrected chi connectivity index (χ4v) is 3.78. The van der Waals surface area contributed by atoms with Gasteiger partial charge in [0.15, 0.2) is 0 Å². The Labute approximate surface area is 151 Å². The Hall–Kier alpha value is -1.14. The van der Waals surface area contributed by atoms with E-state index >= 15 is 0 Å². The first-order chi connectivity index (χ1) is 12.1. The van der Waals surface area contributed by atoms with Crippen LogP contribution in [0.25, 0.3) is 0 Å². The number of nitrogens with one attached hydrogen (secondary N) is 1. The third kappa shape index (κ3) is 4.73. The number of anilines is 1. The van der Waals surface area contributed by atoms with Gasteiger partial charge in [-0.25, -0.2) is 0 Å². The van der Waals surface area contributed by atoms with E-state index in [2.05, 4.69) is 41.4 Å². The van der Waals surface area contributed by atoms with Crippen LogP contribution in [-0.2, 0) is 4.74 Å². The molecule has 2 aliphatic rings. The average molecular weight is 348 g/mol. The minimum absolute atomic E-state index is 0.0406. The molecule has 1 unspecified atom stereocenters. The topological polar surface area (TPSA) is 65.0 Å². The quantitative estimate of drug-likeness (QED) is 0.735. The molecular formula is C20H32N2O3. The maximum Gasteiger partial charge on any atom is 0.0574 e. The van der Waals surface area contributed by atoms with Crippen molar-refractivity contribution in [1.82, 2.24) is 5.32 Å². The molecule has 0 amide bonds. The van der Waals surface area contributed by atoms with Crippen LogP contribution < -0.4 is 10.2 Å². The molecule has 2 fully saturated rings. The van der Waals surface area contributed by atoms with Gasteiger partial charge in [0.05, 0.1) is 12.7 Å². The summed E-state index contributed by atoms with van der Waals surface area (Å²) in [5.41, 5.74) is 2.46. The highest BCUT2D eigenvalue weighted by Crippen LogP contribution is 2.30. The van der Waals surface area contributed by atoms with Crippen LogP contribution in [0.1, 0.15) is 44.2 Å². The van der Waals surface area contributed by atoms with Crippen molar-refractivity contribution in [3.8, 4) is 0 Å². The second-order valence-corrected chi connectivity index (χ2v) is 7.68. The van der Waals surface area contributed by atoms with Gasteiger partial charge >= 0.3 is 0 Å². The standard InChI is InChI=1S/C20H32N2O3/c1-16(21-14-20(15-23)8-12-25-13-9-20)17-2-4-18(5-3-17)22-10-6-19(24)7-11-22/h2-5,16,19,21,23-24H,6-15H2,1H3. The lowest BCUT2D eigenvalue weighted by Crippen LogP contribution is -2.42. The first kappa shape index (κ1) is 18.6. The molecule has 0 radical (unpaired) electrons. The van der Waals surface area contributed by atoms with Gasteiger partial charge in [-0.05, 0) is 50.3 Å². The zero-order valence-electron chi connectivity index (χ0n) is 15.3. The highest BCUT2D eigenvalue weighted by Gasteiger charge is 2.32.